The van der Waals surface area contributed by atoms with Gasteiger partial charge >= 0.3 is 0 Å². The van der Waals surface area contributed by atoms with Crippen LogP contribution in [0, 0.1) is 0 Å². The molecule has 1 rings (SSSR count). The molecule has 1 aromatic rings. The average molecular weight is 229 g/mol. The number of hydrogen-bond acceptors (Lipinski definition) is 3. The summed E-state index contributed by atoms with van der Waals surface area (Å²) < 4.78 is 5.14. The number of pyridine rings is 1. The number of anilines is 1. The summed E-state index contributed by atoms with van der Waals surface area (Å²) in [6.07, 6.45) is 0. The molecule has 0 amide bonds. The van der Waals surface area contributed by atoms with Gasteiger partial charge in [0, 0.05) is 13.7 Å². The molecule has 1 unspecified atom stereocenters. The fourth-order valence-corrected chi connectivity index (χ4v) is 1.75. The van der Waals surface area contributed by atoms with Crippen LogP contribution in [0.15, 0.2) is 18.2 Å². The number of ether oxygens (including phenoxy) is 1. The van der Waals surface area contributed by atoms with Gasteiger partial charge in [0.1, 0.15) is 11.0 Å². The lowest BCUT2D eigenvalue weighted by Gasteiger charge is -2.28. The molecule has 0 aliphatic heterocycles. The summed E-state index contributed by atoms with van der Waals surface area (Å²) in [6, 6.07) is 5.94. The summed E-state index contributed by atoms with van der Waals surface area (Å²) in [5, 5.41) is 0.524. The Morgan fingerprint density at radius 1 is 1.53 bits per heavy atom. The molecule has 0 radical (unpaired) electrons. The molecular weight excluding hydrogens is 212 g/mol. The van der Waals surface area contributed by atoms with Crippen molar-refractivity contribution in [1.29, 1.82) is 0 Å². The number of methoxy groups -OCH3 is 1. The lowest BCUT2D eigenvalue weighted by atomic mass is 10.3. The second-order valence-electron chi connectivity index (χ2n) is 3.41. The van der Waals surface area contributed by atoms with E-state index in [2.05, 4.69) is 23.7 Å². The van der Waals surface area contributed by atoms with E-state index in [9.17, 15) is 0 Å². The minimum Gasteiger partial charge on any atom is -0.383 e. The Balaban J connectivity index is 2.82. The minimum atomic E-state index is 0.297. The standard InChI is InChI=1S/C11H17ClN2O/c1-4-14(9(2)8-15-3)11-7-5-6-10(12)13-11/h5-7,9H,4,8H2,1-3H3. The van der Waals surface area contributed by atoms with E-state index in [1.807, 2.05) is 12.1 Å². The quantitative estimate of drug-likeness (QED) is 0.725. The highest BCUT2D eigenvalue weighted by atomic mass is 35.5. The van der Waals surface area contributed by atoms with E-state index >= 15 is 0 Å². The zero-order chi connectivity index (χ0) is 11.3. The lowest BCUT2D eigenvalue weighted by molar-refractivity contribution is 0.181. The molecular formula is C11H17ClN2O. The van der Waals surface area contributed by atoms with Gasteiger partial charge < -0.3 is 9.64 Å². The van der Waals surface area contributed by atoms with Gasteiger partial charge in [0.05, 0.1) is 12.6 Å². The second kappa shape index (κ2) is 5.93. The van der Waals surface area contributed by atoms with Crippen molar-refractivity contribution in [3.8, 4) is 0 Å². The molecule has 84 valence electrons. The van der Waals surface area contributed by atoms with Crippen molar-refractivity contribution in [1.82, 2.24) is 4.98 Å². The van der Waals surface area contributed by atoms with E-state index in [-0.39, 0.29) is 0 Å². The summed E-state index contributed by atoms with van der Waals surface area (Å²) in [6.45, 7) is 5.77. The van der Waals surface area contributed by atoms with Gasteiger partial charge in [0.2, 0.25) is 0 Å². The van der Waals surface area contributed by atoms with E-state index in [1.54, 1.807) is 13.2 Å². The normalized spacial score (nSPS) is 12.5. The maximum Gasteiger partial charge on any atom is 0.131 e. The number of rotatable bonds is 5. The maximum atomic E-state index is 5.86. The minimum absolute atomic E-state index is 0.297. The van der Waals surface area contributed by atoms with Gasteiger partial charge in [-0.25, -0.2) is 4.98 Å². The Morgan fingerprint density at radius 3 is 2.80 bits per heavy atom. The van der Waals surface area contributed by atoms with Gasteiger partial charge in [0.15, 0.2) is 0 Å². The Hall–Kier alpha value is -0.800. The van der Waals surface area contributed by atoms with Crippen molar-refractivity contribution >= 4 is 17.4 Å². The molecule has 0 aliphatic carbocycles. The van der Waals surface area contributed by atoms with Crippen LogP contribution in [-0.4, -0.2) is 31.3 Å². The molecule has 1 atom stereocenters. The second-order valence-corrected chi connectivity index (χ2v) is 3.80. The SMILES string of the molecule is CCN(c1cccc(Cl)n1)C(C)COC. The Labute approximate surface area is 96.0 Å². The van der Waals surface area contributed by atoms with Crippen LogP contribution in [0.3, 0.4) is 0 Å². The third-order valence-corrected chi connectivity index (χ3v) is 2.49. The van der Waals surface area contributed by atoms with Crippen molar-refractivity contribution < 1.29 is 4.74 Å². The molecule has 0 saturated heterocycles. The Morgan fingerprint density at radius 2 is 2.27 bits per heavy atom. The van der Waals surface area contributed by atoms with E-state index in [0.717, 1.165) is 12.4 Å². The Bertz CT molecular complexity index is 306. The number of likely N-dealkylation sites (N-methyl/N-ethyl adjacent to an activating group) is 1. The van der Waals surface area contributed by atoms with Gasteiger partial charge in [-0.05, 0) is 26.0 Å². The number of aromatic nitrogens is 1. The molecule has 0 N–H and O–H groups in total. The van der Waals surface area contributed by atoms with Crippen LogP contribution in [0.2, 0.25) is 5.15 Å². The van der Waals surface area contributed by atoms with Gasteiger partial charge in [0.25, 0.3) is 0 Å². The summed E-state index contributed by atoms with van der Waals surface area (Å²) in [5.74, 6) is 0.898. The first-order valence-electron chi connectivity index (χ1n) is 5.07. The van der Waals surface area contributed by atoms with Crippen molar-refractivity contribution in [3.63, 3.8) is 0 Å². The molecule has 0 spiro atoms. The molecule has 0 aliphatic rings. The van der Waals surface area contributed by atoms with Gasteiger partial charge in [-0.2, -0.15) is 0 Å². The number of halogens is 1. The Kier molecular flexibility index (Phi) is 4.85. The smallest absolute Gasteiger partial charge is 0.131 e. The first-order chi connectivity index (χ1) is 7.19. The third-order valence-electron chi connectivity index (χ3n) is 2.28. The van der Waals surface area contributed by atoms with Crippen molar-refractivity contribution in [2.45, 2.75) is 19.9 Å². The molecule has 0 fully saturated rings. The third kappa shape index (κ3) is 3.36. The molecule has 3 nitrogen and oxygen atoms in total. The zero-order valence-electron chi connectivity index (χ0n) is 9.40. The fraction of sp³-hybridized carbons (Fsp3) is 0.545. The number of hydrogen-bond donors (Lipinski definition) is 0. The van der Waals surface area contributed by atoms with E-state index in [1.165, 1.54) is 0 Å². The van der Waals surface area contributed by atoms with Crippen LogP contribution in [0.25, 0.3) is 0 Å². The predicted octanol–water partition coefficient (Wildman–Crippen LogP) is 2.60. The van der Waals surface area contributed by atoms with Gasteiger partial charge in [-0.3, -0.25) is 0 Å². The summed E-state index contributed by atoms with van der Waals surface area (Å²) in [7, 11) is 1.70. The van der Waals surface area contributed by atoms with Crippen LogP contribution < -0.4 is 4.90 Å². The summed E-state index contributed by atoms with van der Waals surface area (Å²) >= 11 is 5.86. The van der Waals surface area contributed by atoms with Crippen molar-refractivity contribution in [2.75, 3.05) is 25.2 Å². The highest BCUT2D eigenvalue weighted by Crippen LogP contribution is 2.16. The maximum absolute atomic E-state index is 5.86. The van der Waals surface area contributed by atoms with Crippen molar-refractivity contribution in [3.05, 3.63) is 23.4 Å². The summed E-state index contributed by atoms with van der Waals surface area (Å²) in [4.78, 5) is 6.45. The molecule has 0 aromatic carbocycles. The van der Waals surface area contributed by atoms with E-state index in [4.69, 9.17) is 16.3 Å². The molecule has 4 heteroatoms. The van der Waals surface area contributed by atoms with Crippen LogP contribution in [-0.2, 0) is 4.74 Å². The first-order valence-corrected chi connectivity index (χ1v) is 5.45. The molecule has 0 bridgehead atoms. The van der Waals surface area contributed by atoms with Crippen LogP contribution in [0.4, 0.5) is 5.82 Å². The number of nitrogens with zero attached hydrogens (tertiary/aromatic N) is 2. The fourth-order valence-electron chi connectivity index (χ4n) is 1.59. The van der Waals surface area contributed by atoms with E-state index in [0.29, 0.717) is 17.8 Å². The van der Waals surface area contributed by atoms with Crippen molar-refractivity contribution in [2.24, 2.45) is 0 Å². The van der Waals surface area contributed by atoms with Gasteiger partial charge in [-0.1, -0.05) is 17.7 Å². The van der Waals surface area contributed by atoms with Crippen LogP contribution in [0.1, 0.15) is 13.8 Å². The molecule has 1 aromatic heterocycles. The van der Waals surface area contributed by atoms with Gasteiger partial charge in [-0.15, -0.1) is 0 Å². The molecule has 0 saturated carbocycles. The summed E-state index contributed by atoms with van der Waals surface area (Å²) in [5.41, 5.74) is 0. The predicted molar refractivity (Wildman–Crippen MR) is 63.6 cm³/mol. The highest BCUT2D eigenvalue weighted by Gasteiger charge is 2.13. The average Bonchev–Trinajstić information content (AvgIpc) is 2.19. The lowest BCUT2D eigenvalue weighted by Crippen LogP contribution is -2.36. The van der Waals surface area contributed by atoms with E-state index < -0.39 is 0 Å². The van der Waals surface area contributed by atoms with Crippen LogP contribution in [0.5, 0.6) is 0 Å². The molecule has 15 heavy (non-hydrogen) atoms. The zero-order valence-corrected chi connectivity index (χ0v) is 10.2. The topological polar surface area (TPSA) is 25.4 Å². The highest BCUT2D eigenvalue weighted by molar-refractivity contribution is 6.29. The van der Waals surface area contributed by atoms with Crippen LogP contribution >= 0.6 is 11.6 Å². The monoisotopic (exact) mass is 228 g/mol. The largest absolute Gasteiger partial charge is 0.383 e. The molecule has 1 heterocycles. The first kappa shape index (κ1) is 12.3.